The number of hydrogen-bond acceptors (Lipinski definition) is 5. The normalized spacial score (nSPS) is 12.5. The molecule has 1 N–H and O–H groups in total. The van der Waals surface area contributed by atoms with Crippen LogP contribution in [0.2, 0.25) is 0 Å². The molecule has 0 saturated heterocycles. The van der Waals surface area contributed by atoms with E-state index in [1.165, 1.54) is 0 Å². The van der Waals surface area contributed by atoms with Crippen molar-refractivity contribution in [3.8, 4) is 0 Å². The Morgan fingerprint density at radius 3 is 2.64 bits per heavy atom. The van der Waals surface area contributed by atoms with E-state index in [4.69, 9.17) is 4.52 Å². The second kappa shape index (κ2) is 7.46. The predicted molar refractivity (Wildman–Crippen MR) is 92.6 cm³/mol. The highest BCUT2D eigenvalue weighted by Gasteiger charge is 2.24. The summed E-state index contributed by atoms with van der Waals surface area (Å²) in [4.78, 5) is 30.3. The number of pyridine rings is 1. The first kappa shape index (κ1) is 18.6. The molecule has 134 valence electrons. The lowest BCUT2D eigenvalue weighted by Gasteiger charge is -2.23. The van der Waals surface area contributed by atoms with Gasteiger partial charge in [0.1, 0.15) is 0 Å². The minimum absolute atomic E-state index is 0.0994. The van der Waals surface area contributed by atoms with Crippen LogP contribution >= 0.6 is 0 Å². The Hall–Kier alpha value is -2.70. The molecule has 2 amide bonds. The summed E-state index contributed by atoms with van der Waals surface area (Å²) in [7, 11) is 1.69. The van der Waals surface area contributed by atoms with Crippen molar-refractivity contribution >= 4 is 11.8 Å². The zero-order chi connectivity index (χ0) is 18.6. The van der Waals surface area contributed by atoms with Gasteiger partial charge in [-0.1, -0.05) is 32.0 Å². The van der Waals surface area contributed by atoms with Gasteiger partial charge in [-0.2, -0.15) is 0 Å². The van der Waals surface area contributed by atoms with Crippen LogP contribution in [0.5, 0.6) is 0 Å². The fourth-order valence-electron chi connectivity index (χ4n) is 2.11. The van der Waals surface area contributed by atoms with Crippen molar-refractivity contribution < 1.29 is 14.1 Å². The zero-order valence-corrected chi connectivity index (χ0v) is 15.2. The van der Waals surface area contributed by atoms with E-state index in [9.17, 15) is 9.59 Å². The number of carbonyl (C=O) groups excluding carboxylic acids is 2. The predicted octanol–water partition coefficient (Wildman–Crippen LogP) is 2.57. The Morgan fingerprint density at radius 2 is 2.04 bits per heavy atom. The van der Waals surface area contributed by atoms with E-state index in [-0.39, 0.29) is 30.1 Å². The molecular weight excluding hydrogens is 320 g/mol. The largest absolute Gasteiger partial charge is 0.359 e. The SMILES string of the molecule is CC(c1ccccn1)N(C)C(=O)c1cc(CNC(=O)C(C)(C)C)on1. The summed E-state index contributed by atoms with van der Waals surface area (Å²) < 4.78 is 5.16. The average Bonchev–Trinajstić information content (AvgIpc) is 3.06. The Morgan fingerprint density at radius 1 is 1.32 bits per heavy atom. The number of aromatic nitrogens is 2. The lowest BCUT2D eigenvalue weighted by atomic mass is 9.96. The molecule has 0 bridgehead atoms. The number of hydrogen-bond donors (Lipinski definition) is 1. The van der Waals surface area contributed by atoms with Gasteiger partial charge in [-0.3, -0.25) is 14.6 Å². The summed E-state index contributed by atoms with van der Waals surface area (Å²) in [5, 5.41) is 6.58. The first-order chi connectivity index (χ1) is 11.7. The Bertz CT molecular complexity index is 734. The minimum Gasteiger partial charge on any atom is -0.359 e. The van der Waals surface area contributed by atoms with Crippen LogP contribution in [0, 0.1) is 5.41 Å². The maximum absolute atomic E-state index is 12.6. The van der Waals surface area contributed by atoms with Crippen LogP contribution in [0.3, 0.4) is 0 Å². The van der Waals surface area contributed by atoms with E-state index in [1.54, 1.807) is 24.2 Å². The topological polar surface area (TPSA) is 88.3 Å². The molecule has 0 aliphatic rings. The summed E-state index contributed by atoms with van der Waals surface area (Å²) in [6.07, 6.45) is 1.69. The van der Waals surface area contributed by atoms with Gasteiger partial charge in [0.15, 0.2) is 11.5 Å². The average molecular weight is 344 g/mol. The van der Waals surface area contributed by atoms with Gasteiger partial charge in [-0.05, 0) is 19.1 Å². The third-order valence-corrected chi connectivity index (χ3v) is 3.90. The van der Waals surface area contributed by atoms with E-state index in [0.717, 1.165) is 5.69 Å². The van der Waals surface area contributed by atoms with Crippen LogP contribution in [0.15, 0.2) is 35.0 Å². The number of nitrogens with zero attached hydrogens (tertiary/aromatic N) is 3. The van der Waals surface area contributed by atoms with Gasteiger partial charge in [-0.15, -0.1) is 0 Å². The van der Waals surface area contributed by atoms with E-state index < -0.39 is 5.41 Å². The van der Waals surface area contributed by atoms with Crippen molar-refractivity contribution in [3.05, 3.63) is 47.6 Å². The van der Waals surface area contributed by atoms with Crippen LogP contribution in [0.4, 0.5) is 0 Å². The van der Waals surface area contributed by atoms with E-state index in [2.05, 4.69) is 15.5 Å². The smallest absolute Gasteiger partial charge is 0.276 e. The first-order valence-corrected chi connectivity index (χ1v) is 8.12. The fourth-order valence-corrected chi connectivity index (χ4v) is 2.11. The van der Waals surface area contributed by atoms with Gasteiger partial charge in [0.2, 0.25) is 5.91 Å². The third kappa shape index (κ3) is 4.65. The van der Waals surface area contributed by atoms with Gasteiger partial charge < -0.3 is 14.7 Å². The molecule has 2 aromatic rings. The maximum Gasteiger partial charge on any atom is 0.276 e. The van der Waals surface area contributed by atoms with Crippen molar-refractivity contribution in [2.75, 3.05) is 7.05 Å². The Balaban J connectivity index is 2.01. The van der Waals surface area contributed by atoms with Crippen molar-refractivity contribution in [1.82, 2.24) is 20.4 Å². The van der Waals surface area contributed by atoms with Crippen LogP contribution in [0.25, 0.3) is 0 Å². The molecule has 2 rings (SSSR count). The number of nitrogens with one attached hydrogen (secondary N) is 1. The molecule has 2 heterocycles. The summed E-state index contributed by atoms with van der Waals surface area (Å²) in [5.41, 5.74) is 0.501. The second-order valence-corrected chi connectivity index (χ2v) is 6.96. The van der Waals surface area contributed by atoms with Crippen LogP contribution < -0.4 is 5.32 Å². The monoisotopic (exact) mass is 344 g/mol. The molecule has 1 atom stereocenters. The van der Waals surface area contributed by atoms with E-state index in [1.807, 2.05) is 45.9 Å². The summed E-state index contributed by atoms with van der Waals surface area (Å²) in [5.74, 6) is 0.0628. The fraction of sp³-hybridized carbons (Fsp3) is 0.444. The van der Waals surface area contributed by atoms with Crippen molar-refractivity contribution in [1.29, 1.82) is 0 Å². The Labute approximate surface area is 147 Å². The molecule has 7 nitrogen and oxygen atoms in total. The quantitative estimate of drug-likeness (QED) is 0.900. The molecular formula is C18H24N4O3. The molecule has 0 spiro atoms. The molecule has 2 aromatic heterocycles. The second-order valence-electron chi connectivity index (χ2n) is 6.96. The van der Waals surface area contributed by atoms with Crippen LogP contribution in [0.1, 0.15) is 55.7 Å². The molecule has 1 unspecified atom stereocenters. The molecule has 0 aromatic carbocycles. The first-order valence-electron chi connectivity index (χ1n) is 8.12. The lowest BCUT2D eigenvalue weighted by Crippen LogP contribution is -2.34. The summed E-state index contributed by atoms with van der Waals surface area (Å²) in [6, 6.07) is 6.92. The summed E-state index contributed by atoms with van der Waals surface area (Å²) in [6.45, 7) is 7.56. The van der Waals surface area contributed by atoms with Crippen LogP contribution in [-0.2, 0) is 11.3 Å². The number of amides is 2. The highest BCUT2D eigenvalue weighted by molar-refractivity contribution is 5.92. The molecule has 0 saturated carbocycles. The molecule has 7 heteroatoms. The minimum atomic E-state index is -0.489. The number of rotatable bonds is 5. The van der Waals surface area contributed by atoms with Gasteiger partial charge in [0, 0.05) is 24.7 Å². The molecule has 0 aliphatic carbocycles. The van der Waals surface area contributed by atoms with Crippen molar-refractivity contribution in [2.24, 2.45) is 5.41 Å². The molecule has 0 fully saturated rings. The Kier molecular flexibility index (Phi) is 5.56. The van der Waals surface area contributed by atoms with Gasteiger partial charge in [0.05, 0.1) is 18.3 Å². The van der Waals surface area contributed by atoms with Crippen molar-refractivity contribution in [2.45, 2.75) is 40.3 Å². The molecule has 0 aliphatic heterocycles. The molecule has 25 heavy (non-hydrogen) atoms. The highest BCUT2D eigenvalue weighted by atomic mass is 16.5. The van der Waals surface area contributed by atoms with Crippen LogP contribution in [-0.4, -0.2) is 33.9 Å². The lowest BCUT2D eigenvalue weighted by molar-refractivity contribution is -0.128. The van der Waals surface area contributed by atoms with E-state index in [0.29, 0.717) is 5.76 Å². The maximum atomic E-state index is 12.6. The summed E-state index contributed by atoms with van der Waals surface area (Å²) >= 11 is 0. The standard InChI is InChI=1S/C18H24N4O3/c1-12(14-8-6-7-9-19-14)22(5)16(23)15-10-13(25-21-15)11-20-17(24)18(2,3)4/h6-10,12H,11H2,1-5H3,(H,20,24). The van der Waals surface area contributed by atoms with E-state index >= 15 is 0 Å². The van der Waals surface area contributed by atoms with Gasteiger partial charge >= 0.3 is 0 Å². The van der Waals surface area contributed by atoms with Gasteiger partial charge in [-0.25, -0.2) is 0 Å². The van der Waals surface area contributed by atoms with Gasteiger partial charge in [0.25, 0.3) is 5.91 Å². The zero-order valence-electron chi connectivity index (χ0n) is 15.2. The molecule has 0 radical (unpaired) electrons. The van der Waals surface area contributed by atoms with Crippen molar-refractivity contribution in [3.63, 3.8) is 0 Å². The number of carbonyl (C=O) groups is 2. The highest BCUT2D eigenvalue weighted by Crippen LogP contribution is 2.19. The third-order valence-electron chi connectivity index (χ3n) is 3.90.